The van der Waals surface area contributed by atoms with Gasteiger partial charge in [-0.1, -0.05) is 32.1 Å². The summed E-state index contributed by atoms with van der Waals surface area (Å²) in [5, 5.41) is 72.5. The average Bonchev–Trinajstić information content (AvgIpc) is 3.16. The third kappa shape index (κ3) is 8.99. The molecule has 1 aromatic rings. The fourth-order valence-electron chi connectivity index (χ4n) is 7.66. The Labute approximate surface area is 341 Å². The first-order valence-corrected chi connectivity index (χ1v) is 18.8. The smallest absolute Gasteiger partial charge is 0.315 e. The van der Waals surface area contributed by atoms with E-state index in [0.717, 1.165) is 27.0 Å². The van der Waals surface area contributed by atoms with E-state index in [2.05, 4.69) is 5.32 Å². The van der Waals surface area contributed by atoms with Gasteiger partial charge >= 0.3 is 17.9 Å². The van der Waals surface area contributed by atoms with Crippen LogP contribution in [0.1, 0.15) is 83.8 Å². The normalized spacial score (nSPS) is 33.0. The van der Waals surface area contributed by atoms with Gasteiger partial charge in [0.15, 0.2) is 11.5 Å². The lowest BCUT2D eigenvalue weighted by molar-refractivity contribution is -0.183. The highest BCUT2D eigenvalue weighted by atomic mass is 16.7. The summed E-state index contributed by atoms with van der Waals surface area (Å²) in [6.07, 6.45) is -2.49. The summed E-state index contributed by atoms with van der Waals surface area (Å²) < 4.78 is 27.9. The summed E-state index contributed by atoms with van der Waals surface area (Å²) in [5.74, 6) is -9.89. The molecule has 4 aliphatic rings. The summed E-state index contributed by atoms with van der Waals surface area (Å²) >= 11 is 0. The van der Waals surface area contributed by atoms with E-state index in [0.29, 0.717) is 0 Å². The minimum atomic E-state index is -2.26. The van der Waals surface area contributed by atoms with Crippen molar-refractivity contribution in [3.8, 4) is 11.5 Å². The number of phenols is 1. The molecule has 1 aliphatic carbocycles. The van der Waals surface area contributed by atoms with Gasteiger partial charge in [0.1, 0.15) is 40.5 Å². The number of methoxy groups -OCH3 is 1. The Morgan fingerprint density at radius 3 is 2.03 bits per heavy atom. The van der Waals surface area contributed by atoms with Crippen molar-refractivity contribution in [1.29, 1.82) is 0 Å². The molecule has 3 aliphatic heterocycles. The first-order chi connectivity index (χ1) is 27.3. The van der Waals surface area contributed by atoms with Crippen LogP contribution in [0.5, 0.6) is 11.5 Å². The van der Waals surface area contributed by atoms with E-state index in [1.54, 1.807) is 0 Å². The van der Waals surface area contributed by atoms with Crippen LogP contribution in [0.3, 0.4) is 0 Å². The third-order valence-corrected chi connectivity index (χ3v) is 10.9. The Morgan fingerprint density at radius 1 is 0.864 bits per heavy atom. The van der Waals surface area contributed by atoms with Crippen LogP contribution in [0.2, 0.25) is 0 Å². The Hall–Kier alpha value is -5.33. The summed E-state index contributed by atoms with van der Waals surface area (Å²) in [6.45, 7) is 12.5. The van der Waals surface area contributed by atoms with Gasteiger partial charge in [-0.3, -0.25) is 24.0 Å². The van der Waals surface area contributed by atoms with Crippen LogP contribution in [0.4, 0.5) is 5.69 Å². The number of Topliss-reactive ketones (excluding diaryl/α,β-unsaturated/α-hetero) is 1. The molecule has 1 aromatic carbocycles. The van der Waals surface area contributed by atoms with E-state index in [-0.39, 0.29) is 61.9 Å². The zero-order chi connectivity index (χ0) is 44.6. The number of aromatic hydroxyl groups is 1. The number of hydrogen-bond donors (Lipinski definition) is 7. The highest BCUT2D eigenvalue weighted by molar-refractivity contribution is 6.21. The maximum Gasteiger partial charge on any atom is 0.315 e. The number of carbonyl (C=O) groups is 5. The van der Waals surface area contributed by atoms with Crippen LogP contribution in [0, 0.1) is 24.7 Å². The second kappa shape index (κ2) is 17.5. The van der Waals surface area contributed by atoms with Crippen LogP contribution in [0.25, 0.3) is 5.57 Å². The molecule has 322 valence electrons. The topological polar surface area (TPSA) is 265 Å². The second-order valence-electron chi connectivity index (χ2n) is 15.6. The highest BCUT2D eigenvalue weighted by Gasteiger charge is 2.50. The molecule has 4 bridgehead atoms. The standard InChI is InChI=1S/C42H53NO16/c1-17-13-12-14-41(9,53)37(49)21(5)31(47)28(40(52)55-11)36(59-24(8)45)22(6)38(50)42(10,54)15-18(2)33-27-25-26(30(46)20(4)34(27)57-16-56-33)32(48)29(43-39(17)51)19(3)35(25)58-23(7)44/h12-15,21-22,28,31,36-38,47-50,53-54H,16H2,1-11H3,(H,43,51)/b14-12-,17-13+,18-15+/t21-,22-,28+,31+,36?,37+,38-,41-,42-/m0/s1. The van der Waals surface area contributed by atoms with Crippen LogP contribution in [-0.4, -0.2) is 110 Å². The number of anilines is 1. The molecule has 17 nitrogen and oxygen atoms in total. The van der Waals surface area contributed by atoms with Gasteiger partial charge in [0, 0.05) is 48.0 Å². The number of hydrogen-bond acceptors (Lipinski definition) is 16. The van der Waals surface area contributed by atoms with Crippen molar-refractivity contribution in [3.05, 3.63) is 69.2 Å². The Balaban J connectivity index is 2.12. The molecule has 0 fully saturated rings. The molecular formula is C42H53NO16. The number of fused-ring (bicyclic) bond motifs is 14. The molecule has 0 radical (unpaired) electrons. The van der Waals surface area contributed by atoms with Crippen molar-refractivity contribution < 1.29 is 78.3 Å². The summed E-state index contributed by atoms with van der Waals surface area (Å²) in [5.41, 5.74) is -5.03. The minimum absolute atomic E-state index is 0.00133. The lowest BCUT2D eigenvalue weighted by atomic mass is 9.74. The molecule has 3 heterocycles. The molecule has 0 aromatic heterocycles. The summed E-state index contributed by atoms with van der Waals surface area (Å²) in [6, 6.07) is 0. The first kappa shape index (κ1) is 46.4. The van der Waals surface area contributed by atoms with Crippen molar-refractivity contribution in [1.82, 2.24) is 0 Å². The quantitative estimate of drug-likeness (QED) is 0.131. The molecule has 5 rings (SSSR count). The predicted octanol–water partition coefficient (Wildman–Crippen LogP) is 2.79. The Bertz CT molecular complexity index is 2090. The molecule has 1 unspecified atom stereocenters. The van der Waals surface area contributed by atoms with Crippen LogP contribution in [-0.2, 0) is 38.1 Å². The summed E-state index contributed by atoms with van der Waals surface area (Å²) in [7, 11) is 1.01. The fourth-order valence-corrected chi connectivity index (χ4v) is 7.66. The average molecular weight is 828 g/mol. The maximum absolute atomic E-state index is 14.0. The van der Waals surface area contributed by atoms with Gasteiger partial charge in [0.05, 0.1) is 42.2 Å². The number of benzene rings is 1. The molecule has 1 amide bonds. The number of rotatable bonds is 3. The predicted molar refractivity (Wildman–Crippen MR) is 209 cm³/mol. The van der Waals surface area contributed by atoms with Gasteiger partial charge < -0.3 is 59.6 Å². The monoisotopic (exact) mass is 827 g/mol. The number of amides is 1. The molecule has 59 heavy (non-hydrogen) atoms. The van der Waals surface area contributed by atoms with E-state index in [1.807, 2.05) is 0 Å². The largest absolute Gasteiger partial charge is 0.505 e. The molecule has 0 spiro atoms. The van der Waals surface area contributed by atoms with Crippen LogP contribution in [0.15, 0.2) is 52.5 Å². The Morgan fingerprint density at radius 2 is 1.46 bits per heavy atom. The maximum atomic E-state index is 14.0. The number of nitrogens with one attached hydrogen (secondary N) is 1. The number of phenolic OH excluding ortho intramolecular Hbond substituents is 1. The van der Waals surface area contributed by atoms with Gasteiger partial charge in [0.25, 0.3) is 5.91 Å². The van der Waals surface area contributed by atoms with E-state index < -0.39 is 95.5 Å². The molecule has 7 N–H and O–H groups in total. The molecular weight excluding hydrogens is 774 g/mol. The number of esters is 3. The number of aliphatic hydroxyl groups is 5. The zero-order valence-electron chi connectivity index (χ0n) is 34.8. The SMILES string of the molecule is COC(=O)[C@H]1C(OC(C)=O)[C@H](C)[C@H](O)[C@@](C)(O)/C=C(\C)C2=C3C(=C(C)C(=O)c4c(O)c(c(C)c(OC(C)=O)c43)NC(=O)/C(C)=C/C=C\[C@](C)(O)[C@H](O)[C@@H](C)[C@H]1O)OCO2. The van der Waals surface area contributed by atoms with Crippen molar-refractivity contribution in [2.75, 3.05) is 19.2 Å². The number of ketones is 1. The van der Waals surface area contributed by atoms with Crippen LogP contribution >= 0.6 is 0 Å². The first-order valence-electron chi connectivity index (χ1n) is 18.8. The minimum Gasteiger partial charge on any atom is -0.505 e. The second-order valence-corrected chi connectivity index (χ2v) is 15.6. The zero-order valence-corrected chi connectivity index (χ0v) is 34.8. The van der Waals surface area contributed by atoms with E-state index in [4.69, 9.17) is 23.7 Å². The van der Waals surface area contributed by atoms with Crippen LogP contribution < -0.4 is 10.1 Å². The van der Waals surface area contributed by atoms with Crippen molar-refractivity contribution in [2.45, 2.75) is 105 Å². The van der Waals surface area contributed by atoms with Gasteiger partial charge in [-0.25, -0.2) is 0 Å². The molecule has 9 atom stereocenters. The Kier molecular flexibility index (Phi) is 13.7. The van der Waals surface area contributed by atoms with E-state index in [9.17, 15) is 54.6 Å². The van der Waals surface area contributed by atoms with Crippen molar-refractivity contribution >= 4 is 40.9 Å². The lowest BCUT2D eigenvalue weighted by Crippen LogP contribution is -2.55. The van der Waals surface area contributed by atoms with Gasteiger partial charge in [-0.15, -0.1) is 0 Å². The highest BCUT2D eigenvalue weighted by Crippen LogP contribution is 2.53. The number of ether oxygens (including phenoxy) is 5. The molecule has 0 saturated heterocycles. The van der Waals surface area contributed by atoms with Crippen molar-refractivity contribution in [3.63, 3.8) is 0 Å². The summed E-state index contributed by atoms with van der Waals surface area (Å²) in [4.78, 5) is 66.1. The third-order valence-electron chi connectivity index (χ3n) is 10.9. The number of carbonyl (C=O) groups excluding carboxylic acids is 5. The lowest BCUT2D eigenvalue weighted by Gasteiger charge is -2.41. The molecule has 0 saturated carbocycles. The van der Waals surface area contributed by atoms with Gasteiger partial charge in [-0.2, -0.15) is 0 Å². The number of allylic oxidation sites excluding steroid dienone is 5. The van der Waals surface area contributed by atoms with Gasteiger partial charge in [-0.05, 0) is 53.2 Å². The van der Waals surface area contributed by atoms with Crippen molar-refractivity contribution in [2.24, 2.45) is 17.8 Å². The fraction of sp³-hybridized carbons (Fsp3) is 0.500. The number of aliphatic hydroxyl groups excluding tert-OH is 3. The van der Waals surface area contributed by atoms with Gasteiger partial charge in [0.2, 0.25) is 6.79 Å². The van der Waals surface area contributed by atoms with E-state index in [1.165, 1.54) is 73.6 Å². The molecule has 17 heteroatoms. The van der Waals surface area contributed by atoms with E-state index >= 15 is 0 Å².